The largest absolute Gasteiger partial charge is 0.496 e. The monoisotopic (exact) mass is 494 g/mol. The third-order valence-corrected chi connectivity index (χ3v) is 8.77. The Labute approximate surface area is 218 Å². The molecule has 4 unspecified atom stereocenters. The molecule has 2 aromatic carbocycles. The van der Waals surface area contributed by atoms with Crippen LogP contribution in [0.1, 0.15) is 86.5 Å². The maximum absolute atomic E-state index is 10.9. The quantitative estimate of drug-likeness (QED) is 0.430. The highest BCUT2D eigenvalue weighted by Gasteiger charge is 2.29. The third kappa shape index (κ3) is 6.91. The molecule has 0 bridgehead atoms. The van der Waals surface area contributed by atoms with Gasteiger partial charge in [0.1, 0.15) is 17.8 Å². The number of hydrogen-bond donors (Lipinski definition) is 1. The van der Waals surface area contributed by atoms with Crippen LogP contribution in [0, 0.1) is 37.5 Å². The van der Waals surface area contributed by atoms with Gasteiger partial charge in [0.25, 0.3) is 0 Å². The molecular formula is C32H46O4. The average molecular weight is 495 g/mol. The summed E-state index contributed by atoms with van der Waals surface area (Å²) in [5.74, 6) is 5.05. The Hall–Kier alpha value is -2.33. The van der Waals surface area contributed by atoms with E-state index in [4.69, 9.17) is 9.47 Å². The molecule has 0 amide bonds. The number of carbonyl (C=O) groups is 1. The highest BCUT2D eigenvalue weighted by molar-refractivity contribution is 5.54. The van der Waals surface area contributed by atoms with Gasteiger partial charge in [-0.15, -0.1) is 0 Å². The van der Waals surface area contributed by atoms with Crippen LogP contribution < -0.4 is 9.47 Å². The van der Waals surface area contributed by atoms with Gasteiger partial charge in [-0.3, -0.25) is 0 Å². The van der Waals surface area contributed by atoms with Gasteiger partial charge >= 0.3 is 0 Å². The predicted octanol–water partition coefficient (Wildman–Crippen LogP) is 7.24. The molecule has 0 radical (unpaired) electrons. The Morgan fingerprint density at radius 3 is 1.69 bits per heavy atom. The van der Waals surface area contributed by atoms with Crippen LogP contribution in [-0.4, -0.2) is 32.2 Å². The molecule has 6 atom stereocenters. The van der Waals surface area contributed by atoms with E-state index in [0.717, 1.165) is 43.5 Å². The van der Waals surface area contributed by atoms with Crippen LogP contribution in [0.15, 0.2) is 36.4 Å². The molecule has 2 fully saturated rings. The van der Waals surface area contributed by atoms with Crippen molar-refractivity contribution in [2.75, 3.05) is 20.8 Å². The van der Waals surface area contributed by atoms with Crippen LogP contribution >= 0.6 is 0 Å². The van der Waals surface area contributed by atoms with Crippen molar-refractivity contribution in [2.24, 2.45) is 23.7 Å². The molecule has 2 aromatic rings. The van der Waals surface area contributed by atoms with Gasteiger partial charge < -0.3 is 19.4 Å². The molecule has 0 spiro atoms. The predicted molar refractivity (Wildman–Crippen MR) is 147 cm³/mol. The summed E-state index contributed by atoms with van der Waals surface area (Å²) in [4.78, 5) is 10.9. The first kappa shape index (κ1) is 28.2. The number of methoxy groups -OCH3 is 2. The molecule has 2 aliphatic rings. The summed E-state index contributed by atoms with van der Waals surface area (Å²) in [6.45, 7) is 8.99. The number of rotatable bonds is 6. The first-order valence-electron chi connectivity index (χ1n) is 13.7. The average Bonchev–Trinajstić information content (AvgIpc) is 2.88. The fourth-order valence-electron chi connectivity index (χ4n) is 6.27. The normalized spacial score (nSPS) is 28.0. The minimum Gasteiger partial charge on any atom is -0.496 e. The second kappa shape index (κ2) is 13.3. The summed E-state index contributed by atoms with van der Waals surface area (Å²) < 4.78 is 10.6. The fourth-order valence-corrected chi connectivity index (χ4v) is 6.27. The lowest BCUT2D eigenvalue weighted by atomic mass is 9.73. The molecule has 4 heteroatoms. The summed E-state index contributed by atoms with van der Waals surface area (Å²) in [5, 5.41) is 9.31. The van der Waals surface area contributed by atoms with E-state index in [1.807, 2.05) is 0 Å². The maximum Gasteiger partial charge on any atom is 0.123 e. The smallest absolute Gasteiger partial charge is 0.123 e. The number of benzene rings is 2. The molecular weight excluding hydrogens is 448 g/mol. The summed E-state index contributed by atoms with van der Waals surface area (Å²) in [7, 11) is 3.43. The topological polar surface area (TPSA) is 55.8 Å². The molecule has 0 aliphatic heterocycles. The first-order valence-corrected chi connectivity index (χ1v) is 13.7. The van der Waals surface area contributed by atoms with Crippen molar-refractivity contribution in [3.05, 3.63) is 58.7 Å². The molecule has 0 saturated heterocycles. The van der Waals surface area contributed by atoms with Crippen LogP contribution in [0.4, 0.5) is 0 Å². The van der Waals surface area contributed by atoms with Gasteiger partial charge in [-0.25, -0.2) is 0 Å². The highest BCUT2D eigenvalue weighted by Crippen LogP contribution is 2.41. The van der Waals surface area contributed by atoms with E-state index < -0.39 is 0 Å². The maximum atomic E-state index is 10.9. The Bertz CT molecular complexity index is 984. The van der Waals surface area contributed by atoms with Gasteiger partial charge in [0.2, 0.25) is 0 Å². The molecule has 4 nitrogen and oxygen atoms in total. The van der Waals surface area contributed by atoms with Gasteiger partial charge in [-0.1, -0.05) is 38.1 Å². The summed E-state index contributed by atoms with van der Waals surface area (Å²) in [6.07, 6.45) is 7.95. The van der Waals surface area contributed by atoms with Crippen molar-refractivity contribution in [1.82, 2.24) is 0 Å². The van der Waals surface area contributed by atoms with Gasteiger partial charge in [0.15, 0.2) is 0 Å². The number of aryl methyl sites for hydroxylation is 2. The fraction of sp³-hybridized carbons (Fsp3) is 0.594. The Morgan fingerprint density at radius 2 is 1.31 bits per heavy atom. The lowest BCUT2D eigenvalue weighted by Gasteiger charge is -2.33. The molecule has 2 saturated carbocycles. The third-order valence-electron chi connectivity index (χ3n) is 8.77. The van der Waals surface area contributed by atoms with E-state index >= 15 is 0 Å². The van der Waals surface area contributed by atoms with Gasteiger partial charge in [-0.05, 0) is 116 Å². The second-order valence-corrected chi connectivity index (χ2v) is 11.2. The highest BCUT2D eigenvalue weighted by atomic mass is 16.5. The molecule has 36 heavy (non-hydrogen) atoms. The van der Waals surface area contributed by atoms with E-state index in [-0.39, 0.29) is 5.92 Å². The van der Waals surface area contributed by atoms with Crippen molar-refractivity contribution in [1.29, 1.82) is 0 Å². The summed E-state index contributed by atoms with van der Waals surface area (Å²) >= 11 is 0. The van der Waals surface area contributed by atoms with Crippen LogP contribution in [0.2, 0.25) is 0 Å². The van der Waals surface area contributed by atoms with Crippen LogP contribution in [0.5, 0.6) is 11.5 Å². The Balaban J connectivity index is 0.000000201. The van der Waals surface area contributed by atoms with E-state index in [9.17, 15) is 9.90 Å². The van der Waals surface area contributed by atoms with Crippen molar-refractivity contribution in [3.63, 3.8) is 0 Å². The van der Waals surface area contributed by atoms with Crippen LogP contribution in [-0.2, 0) is 4.79 Å². The zero-order valence-corrected chi connectivity index (χ0v) is 23.1. The SMILES string of the molecule is COc1ccc(C2CCC(CO)C(C)C2)cc1C.COc1ccc([C@@H]2CC[C@@H](C=O)C(C)C2)cc1C. The van der Waals surface area contributed by atoms with Crippen LogP contribution in [0.25, 0.3) is 0 Å². The molecule has 1 N–H and O–H groups in total. The van der Waals surface area contributed by atoms with E-state index in [1.165, 1.54) is 35.1 Å². The number of aliphatic hydroxyl groups excluding tert-OH is 1. The Kier molecular flexibility index (Phi) is 10.4. The van der Waals surface area contributed by atoms with Crippen LogP contribution in [0.3, 0.4) is 0 Å². The number of ether oxygens (including phenoxy) is 2. The van der Waals surface area contributed by atoms with Gasteiger partial charge in [0.05, 0.1) is 14.2 Å². The molecule has 198 valence electrons. The van der Waals surface area contributed by atoms with E-state index in [2.05, 4.69) is 64.1 Å². The molecule has 2 aliphatic carbocycles. The summed E-state index contributed by atoms with van der Waals surface area (Å²) in [5.41, 5.74) is 5.23. The minimum atomic E-state index is 0.264. The standard InChI is InChI=1S/C16H24O2.C16H22O2/c2*1-11-8-13(4-5-15(11)10-17)14-6-7-16(18-3)12(2)9-14/h6-7,9,11,13,15,17H,4-5,8,10H2,1-3H3;6-7,9-11,13,15H,4-5,8H2,1-3H3/t;11?,13-,15+/m.1/s1. The van der Waals surface area contributed by atoms with Crippen molar-refractivity contribution in [2.45, 2.75) is 78.1 Å². The number of hydrogen-bond acceptors (Lipinski definition) is 4. The van der Waals surface area contributed by atoms with Crippen molar-refractivity contribution in [3.8, 4) is 11.5 Å². The van der Waals surface area contributed by atoms with Gasteiger partial charge in [0, 0.05) is 12.5 Å². The number of aliphatic hydroxyl groups is 1. The second-order valence-electron chi connectivity index (χ2n) is 11.2. The lowest BCUT2D eigenvalue weighted by molar-refractivity contribution is -0.113. The summed E-state index contributed by atoms with van der Waals surface area (Å²) in [6, 6.07) is 13.0. The van der Waals surface area contributed by atoms with Crippen molar-refractivity contribution >= 4 is 6.29 Å². The van der Waals surface area contributed by atoms with E-state index in [1.54, 1.807) is 14.2 Å². The Morgan fingerprint density at radius 1 is 0.806 bits per heavy atom. The number of carbonyl (C=O) groups excluding carboxylic acids is 1. The first-order chi connectivity index (χ1) is 17.3. The molecule has 4 rings (SSSR count). The van der Waals surface area contributed by atoms with Gasteiger partial charge in [-0.2, -0.15) is 0 Å². The molecule has 0 heterocycles. The minimum absolute atomic E-state index is 0.264. The van der Waals surface area contributed by atoms with E-state index in [0.29, 0.717) is 36.2 Å². The van der Waals surface area contributed by atoms with Crippen molar-refractivity contribution < 1.29 is 19.4 Å². The lowest BCUT2D eigenvalue weighted by Crippen LogP contribution is -2.24. The number of aldehydes is 1. The zero-order valence-electron chi connectivity index (χ0n) is 23.1. The zero-order chi connectivity index (χ0) is 26.2. The molecule has 0 aromatic heterocycles.